The van der Waals surface area contributed by atoms with Crippen molar-refractivity contribution in [2.75, 3.05) is 26.0 Å². The number of anilines is 1. The molecule has 0 aromatic heterocycles. The molecule has 8 nitrogen and oxygen atoms in total. The molecule has 2 rings (SSSR count). The van der Waals surface area contributed by atoms with Crippen molar-refractivity contribution in [2.45, 2.75) is 13.2 Å². The molecular formula is C18H19F2N3O5. The molecule has 0 heterocycles. The summed E-state index contributed by atoms with van der Waals surface area (Å²) in [5.74, 6) is -0.366. The fourth-order valence-electron chi connectivity index (χ4n) is 2.54. The number of benzene rings is 2. The second kappa shape index (κ2) is 9.60. The topological polar surface area (TPSA) is 93.9 Å². The van der Waals surface area contributed by atoms with Crippen LogP contribution in [0.3, 0.4) is 0 Å². The largest absolute Gasteiger partial charge is 0.493 e. The zero-order valence-electron chi connectivity index (χ0n) is 15.2. The monoisotopic (exact) mass is 395 g/mol. The third-order valence-corrected chi connectivity index (χ3v) is 3.68. The van der Waals surface area contributed by atoms with Crippen LogP contribution < -0.4 is 14.8 Å². The minimum absolute atomic E-state index is 0.0380. The van der Waals surface area contributed by atoms with Gasteiger partial charge in [0.1, 0.15) is 5.69 Å². The Bertz CT molecular complexity index is 848. The molecule has 0 fully saturated rings. The van der Waals surface area contributed by atoms with Gasteiger partial charge in [-0.1, -0.05) is 18.2 Å². The fraction of sp³-hybridized carbons (Fsp3) is 0.278. The summed E-state index contributed by atoms with van der Waals surface area (Å²) in [6, 6.07) is 10.3. The number of nitro groups is 1. The number of amides is 1. The number of nitrogens with zero attached hydrogens (tertiary/aromatic N) is 2. The standard InChI is InChI=1S/C18H19F2N3O5/c1-22(10-12-7-8-15(28-18(19)20)16(9-12)27-2)11-17(24)21-13-5-3-4-6-14(13)23(25)26/h3-9,18H,10-11H2,1-2H3,(H,21,24). The highest BCUT2D eigenvalue weighted by Crippen LogP contribution is 2.30. The number of rotatable bonds is 9. The van der Waals surface area contributed by atoms with Crippen LogP contribution in [0.2, 0.25) is 0 Å². The van der Waals surface area contributed by atoms with E-state index in [2.05, 4.69) is 10.1 Å². The summed E-state index contributed by atoms with van der Waals surface area (Å²) in [7, 11) is 3.01. The average molecular weight is 395 g/mol. The van der Waals surface area contributed by atoms with Crippen LogP contribution in [0, 0.1) is 10.1 Å². The normalized spacial score (nSPS) is 10.8. The van der Waals surface area contributed by atoms with Crippen LogP contribution in [0.25, 0.3) is 0 Å². The highest BCUT2D eigenvalue weighted by atomic mass is 19.3. The van der Waals surface area contributed by atoms with E-state index in [4.69, 9.17) is 4.74 Å². The van der Waals surface area contributed by atoms with E-state index in [0.717, 1.165) is 0 Å². The summed E-state index contributed by atoms with van der Waals surface area (Å²) in [5, 5.41) is 13.5. The van der Waals surface area contributed by atoms with E-state index >= 15 is 0 Å². The van der Waals surface area contributed by atoms with Crippen LogP contribution >= 0.6 is 0 Å². The Balaban J connectivity index is 1.99. The molecule has 28 heavy (non-hydrogen) atoms. The highest BCUT2D eigenvalue weighted by molar-refractivity contribution is 5.94. The Morgan fingerprint density at radius 3 is 2.61 bits per heavy atom. The lowest BCUT2D eigenvalue weighted by Crippen LogP contribution is -2.30. The molecule has 0 radical (unpaired) electrons. The summed E-state index contributed by atoms with van der Waals surface area (Å²) >= 11 is 0. The first kappa shape index (κ1) is 21.0. The highest BCUT2D eigenvalue weighted by Gasteiger charge is 2.16. The van der Waals surface area contributed by atoms with Crippen molar-refractivity contribution in [3.8, 4) is 11.5 Å². The Kier molecular flexibility index (Phi) is 7.21. The first-order chi connectivity index (χ1) is 13.3. The molecule has 0 saturated heterocycles. The van der Waals surface area contributed by atoms with E-state index in [0.29, 0.717) is 12.1 Å². The number of para-hydroxylation sites is 2. The number of methoxy groups -OCH3 is 1. The molecule has 0 aliphatic heterocycles. The van der Waals surface area contributed by atoms with Crippen LogP contribution in [0.4, 0.5) is 20.2 Å². The molecule has 1 N–H and O–H groups in total. The Hall–Kier alpha value is -3.27. The van der Waals surface area contributed by atoms with Gasteiger partial charge in [0.25, 0.3) is 5.69 Å². The number of hydrogen-bond acceptors (Lipinski definition) is 6. The zero-order valence-corrected chi connectivity index (χ0v) is 15.2. The second-order valence-electron chi connectivity index (χ2n) is 5.86. The number of carbonyl (C=O) groups is 1. The van der Waals surface area contributed by atoms with Gasteiger partial charge in [0.15, 0.2) is 11.5 Å². The molecule has 1 amide bonds. The van der Waals surface area contributed by atoms with Crippen LogP contribution in [0.1, 0.15) is 5.56 Å². The van der Waals surface area contributed by atoms with Crippen LogP contribution in [-0.4, -0.2) is 43.0 Å². The fourth-order valence-corrected chi connectivity index (χ4v) is 2.54. The van der Waals surface area contributed by atoms with Gasteiger partial charge in [-0.15, -0.1) is 0 Å². The van der Waals surface area contributed by atoms with Crippen molar-refractivity contribution in [3.63, 3.8) is 0 Å². The van der Waals surface area contributed by atoms with Crippen LogP contribution in [0.15, 0.2) is 42.5 Å². The molecule has 0 bridgehead atoms. The number of hydrogen-bond donors (Lipinski definition) is 1. The Morgan fingerprint density at radius 2 is 1.96 bits per heavy atom. The molecule has 0 aliphatic carbocycles. The molecule has 0 aliphatic rings. The van der Waals surface area contributed by atoms with Crippen molar-refractivity contribution in [1.29, 1.82) is 0 Å². The Labute approximate surface area is 159 Å². The maximum absolute atomic E-state index is 12.4. The number of ether oxygens (including phenoxy) is 2. The summed E-state index contributed by atoms with van der Waals surface area (Å²) < 4.78 is 34.2. The van der Waals surface area contributed by atoms with Gasteiger partial charge >= 0.3 is 6.61 Å². The third-order valence-electron chi connectivity index (χ3n) is 3.68. The molecule has 0 spiro atoms. The predicted molar refractivity (Wildman–Crippen MR) is 97.7 cm³/mol. The van der Waals surface area contributed by atoms with E-state index in [9.17, 15) is 23.7 Å². The molecule has 0 atom stereocenters. The molecule has 10 heteroatoms. The molecule has 2 aromatic carbocycles. The van der Waals surface area contributed by atoms with Crippen molar-refractivity contribution in [3.05, 3.63) is 58.1 Å². The molecule has 0 saturated carbocycles. The number of alkyl halides is 2. The number of halogens is 2. The minimum atomic E-state index is -2.96. The number of nitro benzene ring substituents is 1. The SMILES string of the molecule is COc1cc(CN(C)CC(=O)Nc2ccccc2[N+](=O)[O-])ccc1OC(F)F. The van der Waals surface area contributed by atoms with E-state index in [-0.39, 0.29) is 29.4 Å². The molecular weight excluding hydrogens is 376 g/mol. The van der Waals surface area contributed by atoms with Gasteiger partial charge in [0.05, 0.1) is 18.6 Å². The molecule has 150 valence electrons. The summed E-state index contributed by atoms with van der Waals surface area (Å²) in [6.07, 6.45) is 0. The van der Waals surface area contributed by atoms with Gasteiger partial charge in [-0.25, -0.2) is 0 Å². The van der Waals surface area contributed by atoms with Crippen molar-refractivity contribution in [1.82, 2.24) is 4.90 Å². The third kappa shape index (κ3) is 5.88. The summed E-state index contributed by atoms with van der Waals surface area (Å²) in [6.45, 7) is -2.69. The quantitative estimate of drug-likeness (QED) is 0.517. The zero-order chi connectivity index (χ0) is 20.7. The summed E-state index contributed by atoms with van der Waals surface area (Å²) in [5.41, 5.74) is 0.624. The smallest absolute Gasteiger partial charge is 0.387 e. The van der Waals surface area contributed by atoms with Crippen LogP contribution in [0.5, 0.6) is 11.5 Å². The minimum Gasteiger partial charge on any atom is -0.493 e. The van der Waals surface area contributed by atoms with Gasteiger partial charge in [0.2, 0.25) is 5.91 Å². The van der Waals surface area contributed by atoms with Gasteiger partial charge in [-0.2, -0.15) is 8.78 Å². The molecule has 2 aromatic rings. The maximum Gasteiger partial charge on any atom is 0.387 e. The van der Waals surface area contributed by atoms with E-state index in [1.807, 2.05) is 0 Å². The van der Waals surface area contributed by atoms with E-state index < -0.39 is 17.4 Å². The first-order valence-corrected chi connectivity index (χ1v) is 8.13. The first-order valence-electron chi connectivity index (χ1n) is 8.13. The number of likely N-dealkylation sites (N-methyl/N-ethyl adjacent to an activating group) is 1. The van der Waals surface area contributed by atoms with Crippen molar-refractivity contribution in [2.24, 2.45) is 0 Å². The van der Waals surface area contributed by atoms with Gasteiger partial charge < -0.3 is 14.8 Å². The second-order valence-corrected chi connectivity index (χ2v) is 5.86. The Morgan fingerprint density at radius 1 is 1.25 bits per heavy atom. The lowest BCUT2D eigenvalue weighted by Gasteiger charge is -2.18. The lowest BCUT2D eigenvalue weighted by atomic mass is 10.2. The molecule has 0 unspecified atom stereocenters. The lowest BCUT2D eigenvalue weighted by molar-refractivity contribution is -0.383. The van der Waals surface area contributed by atoms with Gasteiger partial charge in [-0.3, -0.25) is 19.8 Å². The number of carbonyl (C=O) groups excluding carboxylic acids is 1. The van der Waals surface area contributed by atoms with Crippen molar-refractivity contribution < 1.29 is 28.0 Å². The van der Waals surface area contributed by atoms with Gasteiger partial charge in [-0.05, 0) is 30.8 Å². The van der Waals surface area contributed by atoms with E-state index in [1.165, 1.54) is 37.4 Å². The average Bonchev–Trinajstić information content (AvgIpc) is 2.62. The maximum atomic E-state index is 12.4. The van der Waals surface area contributed by atoms with Crippen LogP contribution in [-0.2, 0) is 11.3 Å². The van der Waals surface area contributed by atoms with Gasteiger partial charge in [0, 0.05) is 12.6 Å². The van der Waals surface area contributed by atoms with E-state index in [1.54, 1.807) is 24.1 Å². The number of nitrogens with one attached hydrogen (secondary N) is 1. The summed E-state index contributed by atoms with van der Waals surface area (Å²) in [4.78, 5) is 24.3. The van der Waals surface area contributed by atoms with Crippen molar-refractivity contribution >= 4 is 17.3 Å². The predicted octanol–water partition coefficient (Wildman–Crippen LogP) is 3.28.